The number of aromatic amines is 1. The standard InChI is InChI=1S/C23H16BrN5/c24-19-13-7-12-18(14-19)22-27-20(16-8-3-1-4-9-16)21(17-10-5-2-6-11-17)29(22)23-25-15-26-28-23/h1-15H,(H,25,26,28). The molecule has 5 aromatic rings. The van der Waals surface area contributed by atoms with Gasteiger partial charge in [-0.3, -0.25) is 4.57 Å². The number of benzene rings is 3. The van der Waals surface area contributed by atoms with E-state index >= 15 is 0 Å². The highest BCUT2D eigenvalue weighted by molar-refractivity contribution is 9.10. The number of imidazole rings is 1. The summed E-state index contributed by atoms with van der Waals surface area (Å²) in [6, 6.07) is 28.5. The molecule has 3 aromatic carbocycles. The average molecular weight is 442 g/mol. The zero-order chi connectivity index (χ0) is 19.6. The van der Waals surface area contributed by atoms with Gasteiger partial charge in [0.25, 0.3) is 0 Å². The fourth-order valence-corrected chi connectivity index (χ4v) is 3.81. The van der Waals surface area contributed by atoms with Gasteiger partial charge in [-0.15, -0.1) is 0 Å². The van der Waals surface area contributed by atoms with E-state index in [1.807, 2.05) is 59.2 Å². The van der Waals surface area contributed by atoms with Crippen LogP contribution >= 0.6 is 15.9 Å². The van der Waals surface area contributed by atoms with Crippen molar-refractivity contribution in [2.24, 2.45) is 0 Å². The maximum atomic E-state index is 5.08. The van der Waals surface area contributed by atoms with Gasteiger partial charge in [0.15, 0.2) is 0 Å². The topological polar surface area (TPSA) is 59.4 Å². The zero-order valence-corrected chi connectivity index (χ0v) is 16.9. The summed E-state index contributed by atoms with van der Waals surface area (Å²) in [6.07, 6.45) is 1.51. The van der Waals surface area contributed by atoms with Crippen molar-refractivity contribution in [1.29, 1.82) is 0 Å². The van der Waals surface area contributed by atoms with E-state index in [4.69, 9.17) is 4.98 Å². The highest BCUT2D eigenvalue weighted by Crippen LogP contribution is 2.38. The molecule has 0 atom stereocenters. The number of aromatic nitrogens is 5. The normalized spacial score (nSPS) is 10.9. The first-order valence-corrected chi connectivity index (χ1v) is 9.96. The number of H-pyrrole nitrogens is 1. The summed E-state index contributed by atoms with van der Waals surface area (Å²) in [7, 11) is 0. The van der Waals surface area contributed by atoms with Crippen LogP contribution in [0.3, 0.4) is 0 Å². The smallest absolute Gasteiger partial charge is 0.231 e. The molecule has 29 heavy (non-hydrogen) atoms. The molecule has 0 radical (unpaired) electrons. The van der Waals surface area contributed by atoms with Crippen LogP contribution in [0, 0.1) is 0 Å². The second-order valence-corrected chi connectivity index (χ2v) is 7.44. The summed E-state index contributed by atoms with van der Waals surface area (Å²) in [6.45, 7) is 0. The van der Waals surface area contributed by atoms with Gasteiger partial charge in [-0.25, -0.2) is 10.1 Å². The van der Waals surface area contributed by atoms with Crippen molar-refractivity contribution in [3.8, 4) is 39.9 Å². The van der Waals surface area contributed by atoms with E-state index < -0.39 is 0 Å². The maximum absolute atomic E-state index is 5.08. The van der Waals surface area contributed by atoms with Crippen molar-refractivity contribution in [2.75, 3.05) is 0 Å². The molecule has 0 aliphatic carbocycles. The molecule has 0 saturated heterocycles. The van der Waals surface area contributed by atoms with Crippen LogP contribution < -0.4 is 0 Å². The van der Waals surface area contributed by atoms with Gasteiger partial charge >= 0.3 is 0 Å². The van der Waals surface area contributed by atoms with Crippen molar-refractivity contribution >= 4 is 15.9 Å². The maximum Gasteiger partial charge on any atom is 0.231 e. The highest BCUT2D eigenvalue weighted by Gasteiger charge is 2.23. The molecular weight excluding hydrogens is 426 g/mol. The fraction of sp³-hybridized carbons (Fsp3) is 0. The van der Waals surface area contributed by atoms with Crippen LogP contribution in [0.25, 0.3) is 39.9 Å². The molecule has 0 aliphatic rings. The van der Waals surface area contributed by atoms with E-state index in [0.717, 1.165) is 38.4 Å². The zero-order valence-electron chi connectivity index (χ0n) is 15.3. The number of halogens is 1. The Hall–Kier alpha value is -3.51. The highest BCUT2D eigenvalue weighted by atomic mass is 79.9. The van der Waals surface area contributed by atoms with Crippen LogP contribution in [0.1, 0.15) is 0 Å². The Bertz CT molecular complexity index is 1250. The van der Waals surface area contributed by atoms with Crippen LogP contribution in [-0.2, 0) is 0 Å². The molecule has 2 aromatic heterocycles. The minimum Gasteiger partial charge on any atom is -0.260 e. The molecule has 0 bridgehead atoms. The van der Waals surface area contributed by atoms with E-state index in [2.05, 4.69) is 61.4 Å². The molecule has 5 nitrogen and oxygen atoms in total. The van der Waals surface area contributed by atoms with Crippen LogP contribution in [0.2, 0.25) is 0 Å². The molecule has 6 heteroatoms. The van der Waals surface area contributed by atoms with Gasteiger partial charge in [0.2, 0.25) is 5.95 Å². The lowest BCUT2D eigenvalue weighted by Crippen LogP contribution is -2.02. The number of nitrogens with one attached hydrogen (secondary N) is 1. The van der Waals surface area contributed by atoms with Crippen LogP contribution in [0.5, 0.6) is 0 Å². The SMILES string of the molecule is Brc1cccc(-c2nc(-c3ccccc3)c(-c3ccccc3)n2-c2ncn[nH]2)c1. The summed E-state index contributed by atoms with van der Waals surface area (Å²) in [5, 5.41) is 7.08. The van der Waals surface area contributed by atoms with Gasteiger partial charge in [-0.05, 0) is 12.1 Å². The van der Waals surface area contributed by atoms with E-state index in [1.165, 1.54) is 6.33 Å². The van der Waals surface area contributed by atoms with Crippen LogP contribution in [0.4, 0.5) is 0 Å². The Morgan fingerprint density at radius 1 is 0.759 bits per heavy atom. The van der Waals surface area contributed by atoms with E-state index in [0.29, 0.717) is 5.95 Å². The van der Waals surface area contributed by atoms with Gasteiger partial charge in [0, 0.05) is 21.2 Å². The molecule has 140 valence electrons. The first-order chi connectivity index (χ1) is 14.3. The average Bonchev–Trinajstić information content (AvgIpc) is 3.43. The Kier molecular flexibility index (Phi) is 4.54. The number of rotatable bonds is 4. The van der Waals surface area contributed by atoms with Crippen molar-refractivity contribution in [1.82, 2.24) is 24.7 Å². The van der Waals surface area contributed by atoms with Crippen LogP contribution in [-0.4, -0.2) is 24.7 Å². The second-order valence-electron chi connectivity index (χ2n) is 6.52. The Balaban J connectivity index is 1.88. The molecule has 5 rings (SSSR count). The second kappa shape index (κ2) is 7.48. The van der Waals surface area contributed by atoms with Gasteiger partial charge in [-0.1, -0.05) is 88.7 Å². The van der Waals surface area contributed by atoms with E-state index in [-0.39, 0.29) is 0 Å². The lowest BCUT2D eigenvalue weighted by Gasteiger charge is -2.10. The molecule has 0 aliphatic heterocycles. The number of nitrogens with zero attached hydrogens (tertiary/aromatic N) is 4. The molecule has 0 saturated carbocycles. The Labute approximate surface area is 176 Å². The summed E-state index contributed by atoms with van der Waals surface area (Å²) in [5.74, 6) is 1.41. The Morgan fingerprint density at radius 2 is 1.45 bits per heavy atom. The minimum absolute atomic E-state index is 0.619. The quantitative estimate of drug-likeness (QED) is 0.385. The van der Waals surface area contributed by atoms with Gasteiger partial charge in [0.1, 0.15) is 12.2 Å². The van der Waals surface area contributed by atoms with Gasteiger partial charge in [-0.2, -0.15) is 10.1 Å². The molecule has 0 fully saturated rings. The monoisotopic (exact) mass is 441 g/mol. The molecule has 0 unspecified atom stereocenters. The minimum atomic E-state index is 0.619. The van der Waals surface area contributed by atoms with E-state index in [1.54, 1.807) is 0 Å². The number of hydrogen-bond donors (Lipinski definition) is 1. The third-order valence-electron chi connectivity index (χ3n) is 4.67. The Morgan fingerprint density at radius 3 is 2.10 bits per heavy atom. The van der Waals surface area contributed by atoms with Crippen molar-refractivity contribution < 1.29 is 0 Å². The first kappa shape index (κ1) is 17.6. The molecular formula is C23H16BrN5. The predicted octanol–water partition coefficient (Wildman–Crippen LogP) is 5.75. The van der Waals surface area contributed by atoms with Crippen molar-refractivity contribution in [3.63, 3.8) is 0 Å². The third kappa shape index (κ3) is 3.28. The third-order valence-corrected chi connectivity index (χ3v) is 5.16. The van der Waals surface area contributed by atoms with Crippen molar-refractivity contribution in [3.05, 3.63) is 95.7 Å². The predicted molar refractivity (Wildman–Crippen MR) is 118 cm³/mol. The molecule has 0 spiro atoms. The molecule has 2 heterocycles. The summed E-state index contributed by atoms with van der Waals surface area (Å²) in [4.78, 5) is 9.51. The fourth-order valence-electron chi connectivity index (χ4n) is 3.41. The van der Waals surface area contributed by atoms with Crippen LogP contribution in [0.15, 0.2) is 95.7 Å². The lowest BCUT2D eigenvalue weighted by molar-refractivity contribution is 0.944. The van der Waals surface area contributed by atoms with Gasteiger partial charge < -0.3 is 0 Å². The largest absolute Gasteiger partial charge is 0.260 e. The summed E-state index contributed by atoms with van der Waals surface area (Å²) >= 11 is 3.58. The molecule has 0 amide bonds. The van der Waals surface area contributed by atoms with Crippen molar-refractivity contribution in [2.45, 2.75) is 0 Å². The molecule has 1 N–H and O–H groups in total. The summed E-state index contributed by atoms with van der Waals surface area (Å²) < 4.78 is 3.02. The first-order valence-electron chi connectivity index (χ1n) is 9.16. The number of hydrogen-bond acceptors (Lipinski definition) is 3. The summed E-state index contributed by atoms with van der Waals surface area (Å²) in [5.41, 5.74) is 4.93. The lowest BCUT2D eigenvalue weighted by atomic mass is 10.0. The van der Waals surface area contributed by atoms with Gasteiger partial charge in [0.05, 0.1) is 11.4 Å². The van der Waals surface area contributed by atoms with E-state index in [9.17, 15) is 0 Å².